The molecule has 2 saturated heterocycles. The van der Waals surface area contributed by atoms with Crippen LogP contribution in [-0.4, -0.2) is 49.3 Å². The molecule has 2 aliphatic heterocycles. The Bertz CT molecular complexity index is 703. The maximum atomic E-state index is 13.3. The van der Waals surface area contributed by atoms with E-state index >= 15 is 0 Å². The lowest BCUT2D eigenvalue weighted by Gasteiger charge is -2.32. The van der Waals surface area contributed by atoms with Crippen molar-refractivity contribution in [2.24, 2.45) is 5.92 Å². The maximum Gasteiger partial charge on any atom is 0.211 e. The summed E-state index contributed by atoms with van der Waals surface area (Å²) in [6.45, 7) is 1.21. The zero-order chi connectivity index (χ0) is 18.0. The monoisotopic (exact) mass is 406 g/mol. The topological polar surface area (TPSA) is 69.6 Å². The molecule has 0 bridgehead atoms. The first-order valence-corrected chi connectivity index (χ1v) is 10.8. The first-order valence-electron chi connectivity index (χ1n) is 8.97. The third kappa shape index (κ3) is 5.39. The molecule has 8 heteroatoms. The minimum atomic E-state index is -3.12. The summed E-state index contributed by atoms with van der Waals surface area (Å²) in [7, 11) is -3.12. The van der Waals surface area contributed by atoms with E-state index in [0.29, 0.717) is 24.6 Å². The molecule has 3 rings (SSSR count). The number of piperidine rings is 1. The van der Waals surface area contributed by atoms with E-state index in [0.717, 1.165) is 32.1 Å². The van der Waals surface area contributed by atoms with Gasteiger partial charge in [-0.3, -0.25) is 0 Å². The summed E-state index contributed by atoms with van der Waals surface area (Å²) in [6, 6.07) is 6.30. The molecule has 1 aromatic carbocycles. The van der Waals surface area contributed by atoms with E-state index in [9.17, 15) is 17.9 Å². The molecule has 5 nitrogen and oxygen atoms in total. The lowest BCUT2D eigenvalue weighted by atomic mass is 9.92. The molecule has 1 aromatic rings. The Labute approximate surface area is 161 Å². The first-order chi connectivity index (χ1) is 11.8. The summed E-state index contributed by atoms with van der Waals surface area (Å²) in [4.78, 5) is 0. The van der Waals surface area contributed by atoms with E-state index in [1.165, 1.54) is 18.4 Å². The van der Waals surface area contributed by atoms with Crippen LogP contribution in [0.25, 0.3) is 0 Å². The molecular formula is C18H28ClFN2O3S. The van der Waals surface area contributed by atoms with E-state index < -0.39 is 16.1 Å². The van der Waals surface area contributed by atoms with Gasteiger partial charge in [-0.2, -0.15) is 0 Å². The molecule has 0 saturated carbocycles. The number of halogens is 2. The number of benzene rings is 1. The van der Waals surface area contributed by atoms with Crippen LogP contribution in [0.15, 0.2) is 24.3 Å². The minimum absolute atomic E-state index is 0. The quantitative estimate of drug-likeness (QED) is 0.788. The van der Waals surface area contributed by atoms with E-state index in [1.54, 1.807) is 16.4 Å². The number of aliphatic hydroxyl groups excluding tert-OH is 1. The molecule has 26 heavy (non-hydrogen) atoms. The largest absolute Gasteiger partial charge is 0.387 e. The molecule has 0 amide bonds. The Morgan fingerprint density at radius 1 is 1.35 bits per heavy atom. The Morgan fingerprint density at radius 2 is 2.12 bits per heavy atom. The average Bonchev–Trinajstić information content (AvgIpc) is 3.02. The normalized spacial score (nSPS) is 28.5. The summed E-state index contributed by atoms with van der Waals surface area (Å²) in [5.74, 6) is 0.0141. The van der Waals surface area contributed by atoms with Crippen LogP contribution in [0.5, 0.6) is 0 Å². The van der Waals surface area contributed by atoms with Gasteiger partial charge < -0.3 is 10.4 Å². The third-order valence-electron chi connectivity index (χ3n) is 5.42. The molecule has 2 aliphatic rings. The number of sulfonamides is 1. The number of hydrogen-bond donors (Lipinski definition) is 2. The SMILES string of the molecule is CS(=O)(=O)N1CCC[C@H](C[C@@H]2CC[C@H]([C@@H](O)c3cccc(F)c3)N2)C1.Cl. The van der Waals surface area contributed by atoms with Crippen molar-refractivity contribution in [2.45, 2.75) is 50.3 Å². The average molecular weight is 407 g/mol. The highest BCUT2D eigenvalue weighted by Gasteiger charge is 2.33. The fourth-order valence-corrected chi connectivity index (χ4v) is 5.07. The second-order valence-corrected chi connectivity index (χ2v) is 9.39. The molecule has 4 atom stereocenters. The number of nitrogens with one attached hydrogen (secondary N) is 1. The Hall–Kier alpha value is -0.730. The molecule has 0 spiro atoms. The van der Waals surface area contributed by atoms with E-state index in [1.807, 2.05) is 0 Å². The Morgan fingerprint density at radius 3 is 2.81 bits per heavy atom. The second kappa shape index (κ2) is 8.97. The predicted octanol–water partition coefficient (Wildman–Crippen LogP) is 2.46. The van der Waals surface area contributed by atoms with Crippen LogP contribution in [0.3, 0.4) is 0 Å². The number of nitrogens with zero attached hydrogens (tertiary/aromatic N) is 1. The molecule has 2 heterocycles. The summed E-state index contributed by atoms with van der Waals surface area (Å²) < 4.78 is 38.4. The predicted molar refractivity (Wildman–Crippen MR) is 102 cm³/mol. The molecule has 2 fully saturated rings. The van der Waals surface area contributed by atoms with Crippen LogP contribution >= 0.6 is 12.4 Å². The lowest BCUT2D eigenvalue weighted by molar-refractivity contribution is 0.133. The van der Waals surface area contributed by atoms with Gasteiger partial charge in [0.15, 0.2) is 0 Å². The van der Waals surface area contributed by atoms with Gasteiger partial charge in [0.05, 0.1) is 12.4 Å². The zero-order valence-corrected chi connectivity index (χ0v) is 16.6. The zero-order valence-electron chi connectivity index (χ0n) is 15.0. The van der Waals surface area contributed by atoms with Crippen molar-refractivity contribution in [3.05, 3.63) is 35.6 Å². The molecule has 0 radical (unpaired) electrons. The van der Waals surface area contributed by atoms with Crippen molar-refractivity contribution in [1.29, 1.82) is 0 Å². The van der Waals surface area contributed by atoms with Crippen molar-refractivity contribution in [2.75, 3.05) is 19.3 Å². The van der Waals surface area contributed by atoms with Gasteiger partial charge in [0.1, 0.15) is 5.82 Å². The van der Waals surface area contributed by atoms with Crippen molar-refractivity contribution in [3.8, 4) is 0 Å². The van der Waals surface area contributed by atoms with Gasteiger partial charge in [0.25, 0.3) is 0 Å². The highest BCUT2D eigenvalue weighted by Crippen LogP contribution is 2.30. The molecule has 148 valence electrons. The summed E-state index contributed by atoms with van der Waals surface area (Å²) in [5, 5.41) is 14.0. The van der Waals surface area contributed by atoms with Gasteiger partial charge in [-0.05, 0) is 55.7 Å². The van der Waals surface area contributed by atoms with Crippen LogP contribution in [0.1, 0.15) is 43.8 Å². The van der Waals surface area contributed by atoms with Crippen molar-refractivity contribution in [1.82, 2.24) is 9.62 Å². The lowest BCUT2D eigenvalue weighted by Crippen LogP contribution is -2.42. The van der Waals surface area contributed by atoms with E-state index in [-0.39, 0.29) is 30.3 Å². The number of aliphatic hydroxyl groups is 1. The fraction of sp³-hybridized carbons (Fsp3) is 0.667. The highest BCUT2D eigenvalue weighted by atomic mass is 35.5. The maximum absolute atomic E-state index is 13.3. The Balaban J connectivity index is 0.00000243. The number of rotatable bonds is 5. The van der Waals surface area contributed by atoms with Crippen LogP contribution < -0.4 is 5.32 Å². The van der Waals surface area contributed by atoms with Crippen molar-refractivity contribution in [3.63, 3.8) is 0 Å². The molecule has 0 aromatic heterocycles. The van der Waals surface area contributed by atoms with Gasteiger partial charge in [-0.25, -0.2) is 17.1 Å². The highest BCUT2D eigenvalue weighted by molar-refractivity contribution is 7.88. The number of hydrogen-bond acceptors (Lipinski definition) is 4. The van der Waals surface area contributed by atoms with Gasteiger partial charge in [-0.15, -0.1) is 12.4 Å². The second-order valence-electron chi connectivity index (χ2n) is 7.41. The van der Waals surface area contributed by atoms with Crippen LogP contribution in [0, 0.1) is 11.7 Å². The van der Waals surface area contributed by atoms with Gasteiger partial charge in [0, 0.05) is 25.2 Å². The van der Waals surface area contributed by atoms with Gasteiger partial charge >= 0.3 is 0 Å². The standard InChI is InChI=1S/C18H27FN2O3S.ClH/c1-25(23,24)21-9-3-4-13(12-21)10-16-7-8-17(20-16)18(22)14-5-2-6-15(19)11-14;/h2,5-6,11,13,16-18,20,22H,3-4,7-10,12H2,1H3;1H/t13-,16+,17-,18+;/m1./s1. The molecule has 2 N–H and O–H groups in total. The third-order valence-corrected chi connectivity index (χ3v) is 6.69. The van der Waals surface area contributed by atoms with Crippen molar-refractivity contribution >= 4 is 22.4 Å². The smallest absolute Gasteiger partial charge is 0.211 e. The van der Waals surface area contributed by atoms with E-state index in [4.69, 9.17) is 0 Å². The molecule has 0 aliphatic carbocycles. The van der Waals surface area contributed by atoms with Crippen LogP contribution in [0.2, 0.25) is 0 Å². The van der Waals surface area contributed by atoms with Crippen LogP contribution in [-0.2, 0) is 10.0 Å². The minimum Gasteiger partial charge on any atom is -0.387 e. The molecule has 0 unspecified atom stereocenters. The Kier molecular flexibility index (Phi) is 7.44. The van der Waals surface area contributed by atoms with E-state index in [2.05, 4.69) is 5.32 Å². The van der Waals surface area contributed by atoms with Gasteiger partial charge in [-0.1, -0.05) is 12.1 Å². The summed E-state index contributed by atoms with van der Waals surface area (Å²) in [6.07, 6.45) is 5.20. The summed E-state index contributed by atoms with van der Waals surface area (Å²) in [5.41, 5.74) is 0.596. The van der Waals surface area contributed by atoms with Crippen LogP contribution in [0.4, 0.5) is 4.39 Å². The van der Waals surface area contributed by atoms with Crippen molar-refractivity contribution < 1.29 is 17.9 Å². The molecular weight excluding hydrogens is 379 g/mol. The first kappa shape index (κ1) is 21.6. The van der Waals surface area contributed by atoms with Gasteiger partial charge in [0.2, 0.25) is 10.0 Å². The summed E-state index contributed by atoms with van der Waals surface area (Å²) >= 11 is 0. The fourth-order valence-electron chi connectivity index (χ4n) is 4.13.